The quantitative estimate of drug-likeness (QED) is 0.903. The topological polar surface area (TPSA) is 56.5 Å². The van der Waals surface area contributed by atoms with E-state index in [1.807, 2.05) is 17.8 Å². The van der Waals surface area contributed by atoms with Crippen molar-refractivity contribution in [3.05, 3.63) is 29.8 Å². The lowest BCUT2D eigenvalue weighted by Gasteiger charge is -2.35. The first-order chi connectivity index (χ1) is 10.1. The molecule has 1 aromatic carbocycles. The number of thioether (sulfide) groups is 1. The number of nitrogens with zero attached hydrogens (tertiary/aromatic N) is 2. The molecule has 2 rings (SSSR count). The second-order valence-electron chi connectivity index (χ2n) is 5.55. The largest absolute Gasteiger partial charge is 0.489 e. The number of nitriles is 1. The van der Waals surface area contributed by atoms with Crippen LogP contribution >= 0.6 is 11.8 Å². The average Bonchev–Trinajstić information content (AvgIpc) is 2.44. The highest BCUT2D eigenvalue weighted by atomic mass is 32.2. The number of ether oxygens (including phenoxy) is 1. The summed E-state index contributed by atoms with van der Waals surface area (Å²) in [4.78, 5) is 2.29. The van der Waals surface area contributed by atoms with Crippen LogP contribution < -0.4 is 4.74 Å². The van der Waals surface area contributed by atoms with Gasteiger partial charge in [0.2, 0.25) is 0 Å². The average molecular weight is 306 g/mol. The molecule has 0 amide bonds. The molecular formula is C16H22N2O2S. The Labute approximate surface area is 130 Å². The number of para-hydroxylation sites is 1. The minimum absolute atomic E-state index is 0.213. The molecule has 0 spiro atoms. The Bertz CT molecular complexity index is 493. The molecule has 3 atom stereocenters. The Kier molecular flexibility index (Phi) is 5.92. The minimum atomic E-state index is -0.542. The van der Waals surface area contributed by atoms with Gasteiger partial charge in [0.25, 0.3) is 0 Å². The fraction of sp³-hybridized carbons (Fsp3) is 0.562. The standard InChI is InChI=1S/C16H22N2O2S/c1-12-8-18(9-13(2)21-12)10-15(19)11-20-16-6-4-3-5-14(16)7-17/h3-6,12-13,15,19H,8-11H2,1-2H3. The third-order valence-electron chi connectivity index (χ3n) is 3.40. The van der Waals surface area contributed by atoms with E-state index in [-0.39, 0.29) is 6.61 Å². The molecule has 0 aromatic heterocycles. The van der Waals surface area contributed by atoms with E-state index in [9.17, 15) is 5.11 Å². The summed E-state index contributed by atoms with van der Waals surface area (Å²) >= 11 is 2.00. The first-order valence-electron chi connectivity index (χ1n) is 7.26. The molecule has 4 nitrogen and oxygen atoms in total. The smallest absolute Gasteiger partial charge is 0.137 e. The SMILES string of the molecule is CC1CN(CC(O)COc2ccccc2C#N)CC(C)S1. The van der Waals surface area contributed by atoms with E-state index in [4.69, 9.17) is 10.00 Å². The fourth-order valence-electron chi connectivity index (χ4n) is 2.66. The monoisotopic (exact) mass is 306 g/mol. The van der Waals surface area contributed by atoms with Crippen LogP contribution in [0.2, 0.25) is 0 Å². The van der Waals surface area contributed by atoms with Gasteiger partial charge in [-0.3, -0.25) is 4.90 Å². The zero-order chi connectivity index (χ0) is 15.2. The summed E-state index contributed by atoms with van der Waals surface area (Å²) < 4.78 is 5.58. The first kappa shape index (κ1) is 16.2. The molecule has 1 N–H and O–H groups in total. The van der Waals surface area contributed by atoms with Gasteiger partial charge in [0.05, 0.1) is 5.56 Å². The fourth-order valence-corrected chi connectivity index (χ4v) is 4.04. The lowest BCUT2D eigenvalue weighted by Crippen LogP contribution is -2.45. The molecule has 0 bridgehead atoms. The van der Waals surface area contributed by atoms with Gasteiger partial charge in [0.1, 0.15) is 24.5 Å². The molecule has 5 heteroatoms. The molecule has 1 aliphatic heterocycles. The number of aliphatic hydroxyl groups excluding tert-OH is 1. The Morgan fingerprint density at radius 1 is 1.38 bits per heavy atom. The van der Waals surface area contributed by atoms with Crippen LogP contribution in [-0.2, 0) is 0 Å². The lowest BCUT2D eigenvalue weighted by molar-refractivity contribution is 0.0676. The van der Waals surface area contributed by atoms with E-state index in [2.05, 4.69) is 24.8 Å². The van der Waals surface area contributed by atoms with Crippen LogP contribution in [0.25, 0.3) is 0 Å². The highest BCUT2D eigenvalue weighted by molar-refractivity contribution is 8.00. The number of hydrogen-bond acceptors (Lipinski definition) is 5. The van der Waals surface area contributed by atoms with Crippen LogP contribution in [0.1, 0.15) is 19.4 Å². The van der Waals surface area contributed by atoms with Gasteiger partial charge in [0, 0.05) is 30.1 Å². The highest BCUT2D eigenvalue weighted by Gasteiger charge is 2.24. The van der Waals surface area contributed by atoms with Crippen molar-refractivity contribution in [2.75, 3.05) is 26.2 Å². The lowest BCUT2D eigenvalue weighted by atomic mass is 10.2. The van der Waals surface area contributed by atoms with Crippen molar-refractivity contribution in [3.8, 4) is 11.8 Å². The Morgan fingerprint density at radius 3 is 2.71 bits per heavy atom. The summed E-state index contributed by atoms with van der Waals surface area (Å²) in [5.41, 5.74) is 0.501. The molecule has 3 unspecified atom stereocenters. The highest BCUT2D eigenvalue weighted by Crippen LogP contribution is 2.24. The molecule has 0 radical (unpaired) electrons. The third-order valence-corrected chi connectivity index (χ3v) is 4.63. The van der Waals surface area contributed by atoms with Crippen molar-refractivity contribution in [3.63, 3.8) is 0 Å². The minimum Gasteiger partial charge on any atom is -0.489 e. The van der Waals surface area contributed by atoms with Gasteiger partial charge >= 0.3 is 0 Å². The summed E-state index contributed by atoms with van der Waals surface area (Å²) in [7, 11) is 0. The van der Waals surface area contributed by atoms with Crippen molar-refractivity contribution < 1.29 is 9.84 Å². The molecule has 114 valence electrons. The number of β-amino-alcohol motifs (C(OH)–C–C–N with tert-alkyl or cyclic N) is 1. The first-order valence-corrected chi connectivity index (χ1v) is 8.20. The van der Waals surface area contributed by atoms with Crippen LogP contribution in [0, 0.1) is 11.3 Å². The van der Waals surface area contributed by atoms with Gasteiger partial charge in [-0.1, -0.05) is 26.0 Å². The second-order valence-corrected chi connectivity index (χ2v) is 7.43. The molecule has 1 saturated heterocycles. The zero-order valence-electron chi connectivity index (χ0n) is 12.5. The van der Waals surface area contributed by atoms with Gasteiger partial charge in [0.15, 0.2) is 0 Å². The van der Waals surface area contributed by atoms with Gasteiger partial charge in [-0.25, -0.2) is 0 Å². The molecule has 1 fully saturated rings. The van der Waals surface area contributed by atoms with Crippen LogP contribution in [-0.4, -0.2) is 52.9 Å². The summed E-state index contributed by atoms with van der Waals surface area (Å²) in [5, 5.41) is 20.3. The third kappa shape index (κ3) is 4.92. The van der Waals surface area contributed by atoms with E-state index < -0.39 is 6.10 Å². The van der Waals surface area contributed by atoms with Gasteiger partial charge < -0.3 is 9.84 Å². The maximum Gasteiger partial charge on any atom is 0.137 e. The predicted octanol–water partition coefficient (Wildman–Crippen LogP) is 2.12. The van der Waals surface area contributed by atoms with E-state index in [1.165, 1.54) is 0 Å². The molecule has 1 aromatic rings. The van der Waals surface area contributed by atoms with E-state index in [0.29, 0.717) is 28.4 Å². The molecular weight excluding hydrogens is 284 g/mol. The second kappa shape index (κ2) is 7.69. The Balaban J connectivity index is 1.82. The molecule has 21 heavy (non-hydrogen) atoms. The number of hydrogen-bond donors (Lipinski definition) is 1. The van der Waals surface area contributed by atoms with Crippen LogP contribution in [0.15, 0.2) is 24.3 Å². The van der Waals surface area contributed by atoms with Crippen molar-refractivity contribution in [2.45, 2.75) is 30.5 Å². The summed E-state index contributed by atoms with van der Waals surface area (Å²) in [6.45, 7) is 7.27. The maximum atomic E-state index is 10.1. The maximum absolute atomic E-state index is 10.1. The van der Waals surface area contributed by atoms with Crippen LogP contribution in [0.5, 0.6) is 5.75 Å². The number of aliphatic hydroxyl groups is 1. The van der Waals surface area contributed by atoms with Crippen LogP contribution in [0.4, 0.5) is 0 Å². The van der Waals surface area contributed by atoms with E-state index in [0.717, 1.165) is 13.1 Å². The zero-order valence-corrected chi connectivity index (χ0v) is 13.3. The molecule has 1 heterocycles. The van der Waals surface area contributed by atoms with Gasteiger partial charge in [-0.15, -0.1) is 0 Å². The normalized spacial score (nSPS) is 24.3. The summed E-state index contributed by atoms with van der Waals surface area (Å²) in [6.07, 6.45) is -0.542. The van der Waals surface area contributed by atoms with Gasteiger partial charge in [-0.05, 0) is 12.1 Å². The number of rotatable bonds is 5. The Morgan fingerprint density at radius 2 is 2.05 bits per heavy atom. The van der Waals surface area contributed by atoms with E-state index >= 15 is 0 Å². The van der Waals surface area contributed by atoms with Crippen molar-refractivity contribution in [2.24, 2.45) is 0 Å². The summed E-state index contributed by atoms with van der Waals surface area (Å²) in [6, 6.07) is 9.19. The predicted molar refractivity (Wildman–Crippen MR) is 85.6 cm³/mol. The number of benzene rings is 1. The van der Waals surface area contributed by atoms with Gasteiger partial charge in [-0.2, -0.15) is 17.0 Å². The van der Waals surface area contributed by atoms with E-state index in [1.54, 1.807) is 18.2 Å². The molecule has 0 saturated carbocycles. The molecule has 1 aliphatic rings. The summed E-state index contributed by atoms with van der Waals surface area (Å²) in [5.74, 6) is 0.537. The molecule has 0 aliphatic carbocycles. The van der Waals surface area contributed by atoms with Crippen molar-refractivity contribution in [1.29, 1.82) is 5.26 Å². The Hall–Kier alpha value is -1.22. The van der Waals surface area contributed by atoms with Crippen LogP contribution in [0.3, 0.4) is 0 Å². The van der Waals surface area contributed by atoms with Crippen molar-refractivity contribution >= 4 is 11.8 Å². The van der Waals surface area contributed by atoms with Crippen molar-refractivity contribution in [1.82, 2.24) is 4.90 Å².